The number of rotatable bonds is 7. The molecule has 0 aliphatic rings. The Labute approximate surface area is 225 Å². The van der Waals surface area contributed by atoms with Crippen molar-refractivity contribution in [1.82, 2.24) is 0 Å². The topological polar surface area (TPSA) is 76.7 Å². The number of aryl methyl sites for hydroxylation is 1. The van der Waals surface area contributed by atoms with E-state index in [0.29, 0.717) is 28.9 Å². The van der Waals surface area contributed by atoms with Crippen molar-refractivity contribution in [3.05, 3.63) is 65.2 Å². The van der Waals surface area contributed by atoms with E-state index >= 15 is 0 Å². The predicted molar refractivity (Wildman–Crippen MR) is 150 cm³/mol. The number of halogens is 2. The minimum atomic E-state index is -0.560. The molecule has 0 radical (unpaired) electrons. The molecule has 2 amide bonds. The molecule has 0 unspecified atom stereocenters. The van der Waals surface area contributed by atoms with Crippen LogP contribution in [0.4, 0.5) is 29.7 Å². The Balaban J connectivity index is 0.000000380. The van der Waals surface area contributed by atoms with E-state index in [9.17, 15) is 18.4 Å². The summed E-state index contributed by atoms with van der Waals surface area (Å²) >= 11 is 0. The number of anilines is 2. The van der Waals surface area contributed by atoms with Crippen LogP contribution in [-0.4, -0.2) is 23.4 Å². The highest BCUT2D eigenvalue weighted by Gasteiger charge is 2.17. The van der Waals surface area contributed by atoms with Crippen LogP contribution in [-0.2, 0) is 15.9 Å². The van der Waals surface area contributed by atoms with Crippen molar-refractivity contribution in [3.8, 4) is 0 Å². The Morgan fingerprint density at radius 1 is 0.816 bits per heavy atom. The van der Waals surface area contributed by atoms with Crippen LogP contribution in [0.5, 0.6) is 0 Å². The molecule has 2 rings (SSSR count). The Hall–Kier alpha value is -3.42. The minimum Gasteiger partial charge on any atom is -0.444 e. The van der Waals surface area contributed by atoms with Crippen molar-refractivity contribution in [2.75, 3.05) is 10.6 Å². The highest BCUT2D eigenvalue weighted by atomic mass is 19.1. The number of ether oxygens (including phenoxy) is 2. The zero-order valence-corrected chi connectivity index (χ0v) is 23.8. The van der Waals surface area contributed by atoms with Crippen molar-refractivity contribution in [2.24, 2.45) is 0 Å². The van der Waals surface area contributed by atoms with Gasteiger partial charge in [0.25, 0.3) is 0 Å². The molecule has 0 aromatic heterocycles. The Bertz CT molecular complexity index is 1090. The monoisotopic (exact) mass is 532 g/mol. The number of carbonyl (C=O) groups is 2. The molecule has 0 heterocycles. The van der Waals surface area contributed by atoms with Gasteiger partial charge in [0.2, 0.25) is 0 Å². The SMILES string of the molecule is CC/C=C/c1cc(NC(=O)OC(C)(C)C)ccc1F.CCCCc1cc(NC(=O)OC(C)(C)C)ccc1F. The molecule has 8 heteroatoms. The summed E-state index contributed by atoms with van der Waals surface area (Å²) in [5.74, 6) is -0.553. The Kier molecular flexibility index (Phi) is 13.0. The zero-order chi connectivity index (χ0) is 28.9. The van der Waals surface area contributed by atoms with E-state index in [1.54, 1.807) is 59.8 Å². The maximum Gasteiger partial charge on any atom is 0.412 e. The van der Waals surface area contributed by atoms with Gasteiger partial charge in [-0.3, -0.25) is 10.6 Å². The lowest BCUT2D eigenvalue weighted by Crippen LogP contribution is -2.27. The molecular weight excluding hydrogens is 490 g/mol. The van der Waals surface area contributed by atoms with Gasteiger partial charge in [0.05, 0.1) is 0 Å². The summed E-state index contributed by atoms with van der Waals surface area (Å²) in [6.45, 7) is 14.8. The van der Waals surface area contributed by atoms with Gasteiger partial charge in [-0.15, -0.1) is 0 Å². The highest BCUT2D eigenvalue weighted by Crippen LogP contribution is 2.19. The molecule has 2 aromatic carbocycles. The average molecular weight is 533 g/mol. The quantitative estimate of drug-likeness (QED) is 0.373. The van der Waals surface area contributed by atoms with Gasteiger partial charge in [-0.25, -0.2) is 18.4 Å². The van der Waals surface area contributed by atoms with Crippen LogP contribution >= 0.6 is 0 Å². The molecule has 0 fully saturated rings. The van der Waals surface area contributed by atoms with Crippen LogP contribution in [0.15, 0.2) is 42.5 Å². The molecule has 0 aliphatic carbocycles. The first-order chi connectivity index (χ1) is 17.6. The second-order valence-corrected chi connectivity index (χ2v) is 10.7. The van der Waals surface area contributed by atoms with Gasteiger partial charge in [0, 0.05) is 16.9 Å². The van der Waals surface area contributed by atoms with Gasteiger partial charge in [-0.1, -0.05) is 32.4 Å². The standard InChI is InChI=1S/C15H22FNO2.C15H20FNO2/c2*1-5-6-7-11-10-12(8-9-13(11)16)17-14(18)19-15(2,3)4/h8-10H,5-7H2,1-4H3,(H,17,18);6-10H,5H2,1-4H3,(H,17,18)/b;7-6+. The summed E-state index contributed by atoms with van der Waals surface area (Å²) in [7, 11) is 0. The molecule has 0 atom stereocenters. The lowest BCUT2D eigenvalue weighted by Gasteiger charge is -2.19. The van der Waals surface area contributed by atoms with Gasteiger partial charge in [-0.05, 0) is 103 Å². The third-order valence-electron chi connectivity index (χ3n) is 4.67. The van der Waals surface area contributed by atoms with Crippen LogP contribution in [0.1, 0.15) is 85.8 Å². The molecule has 0 bridgehead atoms. The maximum absolute atomic E-state index is 13.6. The molecule has 38 heavy (non-hydrogen) atoms. The molecule has 2 N–H and O–H groups in total. The number of hydrogen-bond donors (Lipinski definition) is 2. The fourth-order valence-electron chi connectivity index (χ4n) is 3.05. The third kappa shape index (κ3) is 13.8. The Morgan fingerprint density at radius 2 is 1.32 bits per heavy atom. The van der Waals surface area contributed by atoms with Gasteiger partial charge in [0.15, 0.2) is 0 Å². The highest BCUT2D eigenvalue weighted by molar-refractivity contribution is 5.85. The van der Waals surface area contributed by atoms with Gasteiger partial charge in [0.1, 0.15) is 22.8 Å². The van der Waals surface area contributed by atoms with Crippen LogP contribution in [0.2, 0.25) is 0 Å². The molecule has 210 valence electrons. The second kappa shape index (κ2) is 15.1. The zero-order valence-electron chi connectivity index (χ0n) is 23.8. The first-order valence-electron chi connectivity index (χ1n) is 12.9. The van der Waals surface area contributed by atoms with E-state index in [0.717, 1.165) is 19.3 Å². The predicted octanol–water partition coefficient (Wildman–Crippen LogP) is 9.11. The fourth-order valence-corrected chi connectivity index (χ4v) is 3.05. The molecule has 0 aliphatic heterocycles. The molecule has 0 saturated heterocycles. The number of unbranched alkanes of at least 4 members (excludes halogenated alkanes) is 1. The largest absolute Gasteiger partial charge is 0.444 e. The van der Waals surface area contributed by atoms with Crippen LogP contribution < -0.4 is 10.6 Å². The summed E-state index contributed by atoms with van der Waals surface area (Å²) in [6, 6.07) is 8.97. The number of nitrogens with one attached hydrogen (secondary N) is 2. The molecule has 0 spiro atoms. The van der Waals surface area contributed by atoms with Crippen molar-refractivity contribution >= 4 is 29.6 Å². The smallest absolute Gasteiger partial charge is 0.412 e. The summed E-state index contributed by atoms with van der Waals surface area (Å²) in [5, 5.41) is 5.20. The van der Waals surface area contributed by atoms with Crippen LogP contribution in [0.25, 0.3) is 6.08 Å². The normalized spacial score (nSPS) is 11.4. The van der Waals surface area contributed by atoms with E-state index < -0.39 is 23.4 Å². The average Bonchev–Trinajstić information content (AvgIpc) is 2.77. The first kappa shape index (κ1) is 32.6. The van der Waals surface area contributed by atoms with E-state index in [1.807, 2.05) is 13.0 Å². The van der Waals surface area contributed by atoms with Crippen LogP contribution in [0.3, 0.4) is 0 Å². The van der Waals surface area contributed by atoms with Crippen molar-refractivity contribution in [2.45, 2.75) is 92.3 Å². The lowest BCUT2D eigenvalue weighted by atomic mass is 10.1. The number of carbonyl (C=O) groups excluding carboxylic acids is 2. The minimum absolute atomic E-state index is 0.233. The number of amides is 2. The summed E-state index contributed by atoms with van der Waals surface area (Å²) in [6.07, 6.45) is 5.89. The Morgan fingerprint density at radius 3 is 1.79 bits per heavy atom. The lowest BCUT2D eigenvalue weighted by molar-refractivity contribution is 0.0624. The van der Waals surface area contributed by atoms with Crippen molar-refractivity contribution in [1.29, 1.82) is 0 Å². The summed E-state index contributed by atoms with van der Waals surface area (Å²) in [4.78, 5) is 23.2. The van der Waals surface area contributed by atoms with Gasteiger partial charge >= 0.3 is 12.2 Å². The number of allylic oxidation sites excluding steroid dienone is 1. The van der Waals surface area contributed by atoms with Gasteiger partial charge < -0.3 is 9.47 Å². The molecule has 6 nitrogen and oxygen atoms in total. The third-order valence-corrected chi connectivity index (χ3v) is 4.67. The number of benzene rings is 2. The maximum atomic E-state index is 13.6. The fraction of sp³-hybridized carbons (Fsp3) is 0.467. The van der Waals surface area contributed by atoms with E-state index in [2.05, 4.69) is 17.6 Å². The molecular formula is C30H42F2N2O4. The van der Waals surface area contributed by atoms with E-state index in [-0.39, 0.29) is 11.6 Å². The van der Waals surface area contributed by atoms with E-state index in [4.69, 9.17) is 9.47 Å². The van der Waals surface area contributed by atoms with Gasteiger partial charge in [-0.2, -0.15) is 0 Å². The summed E-state index contributed by atoms with van der Waals surface area (Å²) < 4.78 is 37.3. The van der Waals surface area contributed by atoms with Crippen molar-refractivity contribution in [3.63, 3.8) is 0 Å². The van der Waals surface area contributed by atoms with Crippen LogP contribution in [0, 0.1) is 11.6 Å². The first-order valence-corrected chi connectivity index (χ1v) is 12.9. The summed E-state index contributed by atoms with van der Waals surface area (Å²) in [5.41, 5.74) is 1.02. The number of hydrogen-bond acceptors (Lipinski definition) is 4. The van der Waals surface area contributed by atoms with E-state index in [1.165, 1.54) is 24.3 Å². The molecule has 0 saturated carbocycles. The molecule has 2 aromatic rings. The van der Waals surface area contributed by atoms with Crippen molar-refractivity contribution < 1.29 is 27.8 Å². The second-order valence-electron chi connectivity index (χ2n) is 10.7.